The van der Waals surface area contributed by atoms with Crippen LogP contribution in [0, 0.1) is 0 Å². The van der Waals surface area contributed by atoms with Crippen LogP contribution in [0.4, 0.5) is 5.82 Å². The van der Waals surface area contributed by atoms with Gasteiger partial charge in [-0.05, 0) is 18.2 Å². The highest BCUT2D eigenvalue weighted by molar-refractivity contribution is 5.90. The van der Waals surface area contributed by atoms with E-state index in [1.807, 2.05) is 6.07 Å². The van der Waals surface area contributed by atoms with E-state index < -0.39 is 0 Å². The molecule has 0 bridgehead atoms. The van der Waals surface area contributed by atoms with Gasteiger partial charge in [0, 0.05) is 12.3 Å². The molecular formula is C16H12N6O2. The molecule has 4 aromatic rings. The number of nitrogens with zero attached hydrogens (tertiary/aromatic N) is 5. The summed E-state index contributed by atoms with van der Waals surface area (Å²) in [6.07, 6.45) is 4.40. The fourth-order valence-electron chi connectivity index (χ4n) is 2.53. The SMILES string of the molecule is O=C(Cn1c(=O)cnc2ccccc21)Nc1ccnc2ccnn12. The molecule has 0 aliphatic carbocycles. The smallest absolute Gasteiger partial charge is 0.269 e. The number of nitrogens with one attached hydrogen (secondary N) is 1. The molecule has 0 saturated heterocycles. The molecule has 8 heteroatoms. The highest BCUT2D eigenvalue weighted by Crippen LogP contribution is 2.10. The predicted octanol–water partition coefficient (Wildman–Crippen LogP) is 1.08. The van der Waals surface area contributed by atoms with E-state index in [0.29, 0.717) is 22.5 Å². The maximum absolute atomic E-state index is 12.4. The summed E-state index contributed by atoms with van der Waals surface area (Å²) in [4.78, 5) is 32.7. The van der Waals surface area contributed by atoms with Gasteiger partial charge in [-0.1, -0.05) is 12.1 Å². The van der Waals surface area contributed by atoms with Crippen LogP contribution in [-0.4, -0.2) is 30.1 Å². The van der Waals surface area contributed by atoms with E-state index in [4.69, 9.17) is 0 Å². The van der Waals surface area contributed by atoms with Crippen molar-refractivity contribution < 1.29 is 4.79 Å². The van der Waals surface area contributed by atoms with Gasteiger partial charge in [-0.15, -0.1) is 0 Å². The Morgan fingerprint density at radius 2 is 1.96 bits per heavy atom. The topological polar surface area (TPSA) is 94.2 Å². The van der Waals surface area contributed by atoms with E-state index in [1.165, 1.54) is 15.3 Å². The first-order valence-corrected chi connectivity index (χ1v) is 7.25. The lowest BCUT2D eigenvalue weighted by atomic mass is 10.3. The molecule has 1 N–H and O–H groups in total. The molecule has 1 aromatic carbocycles. The molecule has 0 saturated carbocycles. The molecule has 0 unspecified atom stereocenters. The van der Waals surface area contributed by atoms with Crippen molar-refractivity contribution in [3.8, 4) is 0 Å². The van der Waals surface area contributed by atoms with Crippen molar-refractivity contribution in [2.75, 3.05) is 5.32 Å². The maximum Gasteiger partial charge on any atom is 0.269 e. The maximum atomic E-state index is 12.4. The fraction of sp³-hybridized carbons (Fsp3) is 0.0625. The quantitative estimate of drug-likeness (QED) is 0.609. The molecular weight excluding hydrogens is 308 g/mol. The van der Waals surface area contributed by atoms with Crippen molar-refractivity contribution in [1.29, 1.82) is 0 Å². The molecule has 4 rings (SSSR count). The molecule has 24 heavy (non-hydrogen) atoms. The minimum absolute atomic E-state index is 0.118. The van der Waals surface area contributed by atoms with Gasteiger partial charge in [0.05, 0.1) is 23.4 Å². The van der Waals surface area contributed by atoms with Gasteiger partial charge in [0.2, 0.25) is 5.91 Å². The van der Waals surface area contributed by atoms with E-state index in [-0.39, 0.29) is 18.0 Å². The van der Waals surface area contributed by atoms with Crippen molar-refractivity contribution >= 4 is 28.4 Å². The Hall–Kier alpha value is -3.55. The Morgan fingerprint density at radius 3 is 2.88 bits per heavy atom. The Labute approximate surface area is 135 Å². The molecule has 0 aliphatic heterocycles. The second-order valence-corrected chi connectivity index (χ2v) is 5.15. The largest absolute Gasteiger partial charge is 0.309 e. The summed E-state index contributed by atoms with van der Waals surface area (Å²) in [6, 6.07) is 10.6. The van der Waals surface area contributed by atoms with Gasteiger partial charge < -0.3 is 5.32 Å². The highest BCUT2D eigenvalue weighted by atomic mass is 16.2. The van der Waals surface area contributed by atoms with Crippen LogP contribution >= 0.6 is 0 Å². The summed E-state index contributed by atoms with van der Waals surface area (Å²) < 4.78 is 2.91. The number of benzene rings is 1. The molecule has 0 fully saturated rings. The van der Waals surface area contributed by atoms with Gasteiger partial charge in [-0.3, -0.25) is 14.2 Å². The Bertz CT molecular complexity index is 1110. The average Bonchev–Trinajstić information content (AvgIpc) is 3.07. The summed E-state index contributed by atoms with van der Waals surface area (Å²) >= 11 is 0. The number of hydrogen-bond acceptors (Lipinski definition) is 5. The van der Waals surface area contributed by atoms with Crippen LogP contribution in [0.1, 0.15) is 0 Å². The van der Waals surface area contributed by atoms with E-state index in [2.05, 4.69) is 20.4 Å². The van der Waals surface area contributed by atoms with Crippen molar-refractivity contribution in [2.45, 2.75) is 6.54 Å². The van der Waals surface area contributed by atoms with E-state index in [1.54, 1.807) is 42.7 Å². The van der Waals surface area contributed by atoms with Crippen molar-refractivity contribution in [3.05, 3.63) is 65.3 Å². The van der Waals surface area contributed by atoms with Gasteiger partial charge in [-0.2, -0.15) is 9.61 Å². The molecule has 8 nitrogen and oxygen atoms in total. The number of carbonyl (C=O) groups is 1. The number of para-hydroxylation sites is 2. The van der Waals surface area contributed by atoms with Crippen LogP contribution in [0.2, 0.25) is 0 Å². The average molecular weight is 320 g/mol. The van der Waals surface area contributed by atoms with Crippen molar-refractivity contribution in [1.82, 2.24) is 24.1 Å². The molecule has 0 spiro atoms. The monoisotopic (exact) mass is 320 g/mol. The van der Waals surface area contributed by atoms with Crippen molar-refractivity contribution in [3.63, 3.8) is 0 Å². The molecule has 3 heterocycles. The first-order valence-electron chi connectivity index (χ1n) is 7.25. The van der Waals surface area contributed by atoms with Crippen LogP contribution < -0.4 is 10.9 Å². The van der Waals surface area contributed by atoms with E-state index in [0.717, 1.165) is 0 Å². The molecule has 0 aliphatic rings. The minimum Gasteiger partial charge on any atom is -0.309 e. The Morgan fingerprint density at radius 1 is 1.08 bits per heavy atom. The van der Waals surface area contributed by atoms with E-state index in [9.17, 15) is 9.59 Å². The first-order chi connectivity index (χ1) is 11.7. The van der Waals surface area contributed by atoms with Gasteiger partial charge in [-0.25, -0.2) is 9.97 Å². The second kappa shape index (κ2) is 5.58. The van der Waals surface area contributed by atoms with Crippen LogP contribution in [0.3, 0.4) is 0 Å². The zero-order valence-corrected chi connectivity index (χ0v) is 12.5. The number of anilines is 1. The Kier molecular flexibility index (Phi) is 3.27. The third-order valence-electron chi connectivity index (χ3n) is 3.61. The van der Waals surface area contributed by atoms with Crippen LogP contribution in [0.25, 0.3) is 16.7 Å². The van der Waals surface area contributed by atoms with Crippen LogP contribution in [0.15, 0.2) is 59.8 Å². The summed E-state index contributed by atoms with van der Waals surface area (Å²) in [6.45, 7) is -0.118. The number of fused-ring (bicyclic) bond motifs is 2. The zero-order valence-electron chi connectivity index (χ0n) is 12.5. The normalized spacial score (nSPS) is 11.0. The summed E-state index contributed by atoms with van der Waals surface area (Å²) in [5.41, 5.74) is 1.56. The molecule has 1 amide bonds. The second-order valence-electron chi connectivity index (χ2n) is 5.15. The summed E-state index contributed by atoms with van der Waals surface area (Å²) in [5.74, 6) is 0.151. The lowest BCUT2D eigenvalue weighted by Crippen LogP contribution is -2.28. The van der Waals surface area contributed by atoms with E-state index >= 15 is 0 Å². The van der Waals surface area contributed by atoms with Crippen LogP contribution in [-0.2, 0) is 11.3 Å². The minimum atomic E-state index is -0.337. The first kappa shape index (κ1) is 14.1. The lowest BCUT2D eigenvalue weighted by molar-refractivity contribution is -0.116. The van der Waals surface area contributed by atoms with Crippen molar-refractivity contribution in [2.24, 2.45) is 0 Å². The molecule has 3 aromatic heterocycles. The van der Waals surface area contributed by atoms with Gasteiger partial charge in [0.15, 0.2) is 5.65 Å². The lowest BCUT2D eigenvalue weighted by Gasteiger charge is -2.10. The molecule has 118 valence electrons. The standard InChI is InChI=1S/C16H12N6O2/c23-15(20-14-5-7-17-13-6-8-19-22(13)14)10-21-12-4-2-1-3-11(12)18-9-16(21)24/h1-9H,10H2,(H,20,23). The summed E-state index contributed by atoms with van der Waals surface area (Å²) in [7, 11) is 0. The van der Waals surface area contributed by atoms with Gasteiger partial charge >= 0.3 is 0 Å². The molecule has 0 atom stereocenters. The number of rotatable bonds is 3. The summed E-state index contributed by atoms with van der Waals surface area (Å²) in [5, 5.41) is 6.86. The highest BCUT2D eigenvalue weighted by Gasteiger charge is 2.11. The molecule has 0 radical (unpaired) electrons. The third kappa shape index (κ3) is 2.39. The zero-order chi connectivity index (χ0) is 16.5. The Balaban J connectivity index is 1.67. The van der Waals surface area contributed by atoms with Gasteiger partial charge in [0.25, 0.3) is 5.56 Å². The number of carbonyl (C=O) groups excluding carboxylic acids is 1. The predicted molar refractivity (Wildman–Crippen MR) is 87.6 cm³/mol. The fourth-order valence-corrected chi connectivity index (χ4v) is 2.53. The van der Waals surface area contributed by atoms with Crippen LogP contribution in [0.5, 0.6) is 0 Å². The third-order valence-corrected chi connectivity index (χ3v) is 3.61. The van der Waals surface area contributed by atoms with Gasteiger partial charge in [0.1, 0.15) is 12.4 Å². The number of aromatic nitrogens is 5. The number of hydrogen-bond donors (Lipinski definition) is 1. The number of amides is 1.